The molecule has 0 unspecified atom stereocenters. The second-order valence-corrected chi connectivity index (χ2v) is 4.17. The van der Waals surface area contributed by atoms with Crippen molar-refractivity contribution in [3.63, 3.8) is 0 Å². The molecule has 0 heterocycles. The molecule has 0 amide bonds. The molecule has 0 aromatic heterocycles. The van der Waals surface area contributed by atoms with E-state index in [0.29, 0.717) is 0 Å². The second kappa shape index (κ2) is 7.20. The van der Waals surface area contributed by atoms with Crippen LogP contribution in [0.5, 0.6) is 0 Å². The van der Waals surface area contributed by atoms with E-state index in [9.17, 15) is 14.4 Å². The summed E-state index contributed by atoms with van der Waals surface area (Å²) in [7, 11) is 0. The zero-order chi connectivity index (χ0) is 16.0. The molecule has 0 bridgehead atoms. The quantitative estimate of drug-likeness (QED) is 0.340. The minimum Gasteiger partial charge on any atom is -0.478 e. The highest BCUT2D eigenvalue weighted by molar-refractivity contribution is 6.02. The highest BCUT2D eigenvalue weighted by Gasteiger charge is 2.19. The maximum absolute atomic E-state index is 11.2. The summed E-state index contributed by atoms with van der Waals surface area (Å²) in [5, 5.41) is 18.1. The van der Waals surface area contributed by atoms with E-state index in [-0.39, 0.29) is 35.3 Å². The number of carbonyl (C=O) groups is 3. The van der Waals surface area contributed by atoms with Crippen LogP contribution in [0.3, 0.4) is 0 Å². The van der Waals surface area contributed by atoms with E-state index in [1.165, 1.54) is 25.1 Å². The van der Waals surface area contributed by atoms with Crippen molar-refractivity contribution in [3.8, 4) is 0 Å². The first kappa shape index (κ1) is 16.4. The van der Waals surface area contributed by atoms with Crippen molar-refractivity contribution < 1.29 is 34.4 Å². The Kier molecular flexibility index (Phi) is 5.62. The zero-order valence-electron chi connectivity index (χ0n) is 11.3. The maximum atomic E-state index is 11.2. The Bertz CT molecular complexity index is 589. The van der Waals surface area contributed by atoms with E-state index < -0.39 is 17.9 Å². The zero-order valence-corrected chi connectivity index (χ0v) is 11.3. The number of carboxylic acid groups (broad SMARTS) is 2. The van der Waals surface area contributed by atoms with Gasteiger partial charge in [0.1, 0.15) is 0 Å². The number of carboxylic acids is 2. The molecule has 0 saturated carbocycles. The average molecular weight is 294 g/mol. The summed E-state index contributed by atoms with van der Waals surface area (Å²) >= 11 is 0. The molecule has 1 aromatic carbocycles. The van der Waals surface area contributed by atoms with Gasteiger partial charge in [0.2, 0.25) is 0 Å². The summed E-state index contributed by atoms with van der Waals surface area (Å²) in [4.78, 5) is 42.3. The Hall–Kier alpha value is -2.67. The number of carbonyl (C=O) groups excluding carboxylic acids is 1. The third-order valence-electron chi connectivity index (χ3n) is 2.53. The molecule has 7 nitrogen and oxygen atoms in total. The summed E-state index contributed by atoms with van der Waals surface area (Å²) in [5.74, 6) is -3.40. The summed E-state index contributed by atoms with van der Waals surface area (Å²) < 4.78 is 0. The number of benzene rings is 1. The van der Waals surface area contributed by atoms with Crippen molar-refractivity contribution in [3.05, 3.63) is 47.0 Å². The van der Waals surface area contributed by atoms with Crippen LogP contribution in [0.4, 0.5) is 0 Å². The highest BCUT2D eigenvalue weighted by atomic mass is 17.2. The molecule has 1 rings (SSSR count). The fourth-order valence-electron chi connectivity index (χ4n) is 1.56. The molecule has 0 fully saturated rings. The Morgan fingerprint density at radius 1 is 1.19 bits per heavy atom. The second-order valence-electron chi connectivity index (χ2n) is 4.17. The molecule has 0 aliphatic rings. The lowest BCUT2D eigenvalue weighted by Crippen LogP contribution is -2.13. The summed E-state index contributed by atoms with van der Waals surface area (Å²) in [6.07, 6.45) is 0.0756. The van der Waals surface area contributed by atoms with Gasteiger partial charge < -0.3 is 10.2 Å². The fourth-order valence-corrected chi connectivity index (χ4v) is 1.56. The van der Waals surface area contributed by atoms with Crippen molar-refractivity contribution in [2.24, 2.45) is 0 Å². The molecule has 2 N–H and O–H groups in total. The van der Waals surface area contributed by atoms with Gasteiger partial charge in [-0.3, -0.25) is 4.89 Å². The minimum absolute atomic E-state index is 0.0756. The summed E-state index contributed by atoms with van der Waals surface area (Å²) in [5.41, 5.74) is -0.179. The highest BCUT2D eigenvalue weighted by Crippen LogP contribution is 2.16. The first-order valence-corrected chi connectivity index (χ1v) is 5.92. The normalized spacial score (nSPS) is 9.95. The molecular weight excluding hydrogens is 280 g/mol. The Morgan fingerprint density at radius 3 is 2.38 bits per heavy atom. The molecule has 0 spiro atoms. The summed E-state index contributed by atoms with van der Waals surface area (Å²) in [6.45, 7) is 4.70. The van der Waals surface area contributed by atoms with Crippen LogP contribution in [-0.4, -0.2) is 34.7 Å². The van der Waals surface area contributed by atoms with Crippen molar-refractivity contribution in [1.29, 1.82) is 0 Å². The van der Waals surface area contributed by atoms with Gasteiger partial charge in [0, 0.05) is 12.0 Å². The lowest BCUT2D eigenvalue weighted by atomic mass is 9.99. The topological polar surface area (TPSA) is 110 Å². The van der Waals surface area contributed by atoms with Gasteiger partial charge in [-0.2, -0.15) is 4.89 Å². The third kappa shape index (κ3) is 4.43. The molecule has 7 heteroatoms. The van der Waals surface area contributed by atoms with E-state index >= 15 is 0 Å². The van der Waals surface area contributed by atoms with Crippen LogP contribution >= 0.6 is 0 Å². The van der Waals surface area contributed by atoms with E-state index in [1.807, 2.05) is 0 Å². The van der Waals surface area contributed by atoms with E-state index in [4.69, 9.17) is 10.2 Å². The number of aromatic carboxylic acids is 2. The van der Waals surface area contributed by atoms with Crippen LogP contribution in [0.2, 0.25) is 0 Å². The third-order valence-corrected chi connectivity index (χ3v) is 2.53. The molecule has 112 valence electrons. The van der Waals surface area contributed by atoms with Crippen molar-refractivity contribution >= 4 is 17.9 Å². The lowest BCUT2D eigenvalue weighted by molar-refractivity contribution is -0.267. The van der Waals surface area contributed by atoms with Gasteiger partial charge in [-0.05, 0) is 18.6 Å². The largest absolute Gasteiger partial charge is 0.478 e. The molecule has 0 aliphatic carbocycles. The van der Waals surface area contributed by atoms with E-state index in [2.05, 4.69) is 16.4 Å². The average Bonchev–Trinajstić information content (AvgIpc) is 2.42. The Morgan fingerprint density at radius 2 is 1.86 bits per heavy atom. The van der Waals surface area contributed by atoms with Crippen LogP contribution in [-0.2, 0) is 21.0 Å². The number of hydrogen-bond acceptors (Lipinski definition) is 5. The molecule has 21 heavy (non-hydrogen) atoms. The fraction of sp³-hybridized carbons (Fsp3) is 0.214. The van der Waals surface area contributed by atoms with Gasteiger partial charge in [-0.1, -0.05) is 18.7 Å². The first-order valence-electron chi connectivity index (χ1n) is 5.92. The van der Waals surface area contributed by atoms with Gasteiger partial charge in [0.05, 0.1) is 17.7 Å². The molecule has 0 radical (unpaired) electrons. The summed E-state index contributed by atoms with van der Waals surface area (Å²) in [6, 6.07) is 4.11. The molecule has 0 atom stereocenters. The van der Waals surface area contributed by atoms with Gasteiger partial charge in [-0.25, -0.2) is 14.4 Å². The smallest absolute Gasteiger partial charge is 0.368 e. The standard InChI is InChI=1S/C14H14O7/c1-8(2)14(19)21-20-7-6-9-4-3-5-10(12(15)16)11(9)13(17)18/h3-5H,1,6-7H2,2H3,(H,15,16)(H,17,18). The van der Waals surface area contributed by atoms with Crippen LogP contribution in [0.25, 0.3) is 0 Å². The number of rotatable bonds is 7. The first-order chi connectivity index (χ1) is 9.84. The maximum Gasteiger partial charge on any atom is 0.368 e. The molecule has 0 saturated heterocycles. The predicted molar refractivity (Wildman–Crippen MR) is 70.9 cm³/mol. The molecule has 0 aliphatic heterocycles. The van der Waals surface area contributed by atoms with Crippen LogP contribution in [0.1, 0.15) is 33.2 Å². The molecule has 1 aromatic rings. The Balaban J connectivity index is 2.78. The van der Waals surface area contributed by atoms with Gasteiger partial charge in [-0.15, -0.1) is 0 Å². The van der Waals surface area contributed by atoms with Crippen molar-refractivity contribution in [1.82, 2.24) is 0 Å². The number of hydrogen-bond donors (Lipinski definition) is 2. The van der Waals surface area contributed by atoms with E-state index in [0.717, 1.165) is 0 Å². The van der Waals surface area contributed by atoms with Gasteiger partial charge >= 0.3 is 17.9 Å². The SMILES string of the molecule is C=C(C)C(=O)OOCCc1cccc(C(=O)O)c1C(=O)O. The van der Waals surface area contributed by atoms with E-state index in [1.54, 1.807) is 0 Å². The molecular formula is C14H14O7. The van der Waals surface area contributed by atoms with Gasteiger partial charge in [0.25, 0.3) is 0 Å². The minimum atomic E-state index is -1.35. The predicted octanol–water partition coefficient (Wildman–Crippen LogP) is 1.68. The lowest BCUT2D eigenvalue weighted by Gasteiger charge is -2.09. The van der Waals surface area contributed by atoms with Crippen molar-refractivity contribution in [2.75, 3.05) is 6.61 Å². The van der Waals surface area contributed by atoms with Crippen LogP contribution < -0.4 is 0 Å². The van der Waals surface area contributed by atoms with Crippen LogP contribution in [0.15, 0.2) is 30.4 Å². The monoisotopic (exact) mass is 294 g/mol. The van der Waals surface area contributed by atoms with Gasteiger partial charge in [0.15, 0.2) is 0 Å². The van der Waals surface area contributed by atoms with Crippen LogP contribution in [0, 0.1) is 0 Å². The van der Waals surface area contributed by atoms with Crippen molar-refractivity contribution in [2.45, 2.75) is 13.3 Å². The Labute approximate surface area is 120 Å².